The fourth-order valence-electron chi connectivity index (χ4n) is 1.32. The highest BCUT2D eigenvalue weighted by Crippen LogP contribution is 2.11. The predicted molar refractivity (Wildman–Crippen MR) is 65.5 cm³/mol. The maximum absolute atomic E-state index is 8.58. The standard InChI is InChI=1S/C12H9ClN4/c13-10-3-1-2-9(4-10)6-16-12-8-15-11(5-14)7-17-12/h1-4,7-8H,6H2,(H,16,17). The van der Waals surface area contributed by atoms with Crippen LogP contribution in [0.2, 0.25) is 5.02 Å². The Balaban J connectivity index is 2.00. The van der Waals surface area contributed by atoms with E-state index in [1.165, 1.54) is 12.4 Å². The van der Waals surface area contributed by atoms with Crippen LogP contribution < -0.4 is 5.32 Å². The van der Waals surface area contributed by atoms with Gasteiger partial charge in [0.25, 0.3) is 0 Å². The van der Waals surface area contributed by atoms with Gasteiger partial charge in [0.1, 0.15) is 11.9 Å². The number of hydrogen-bond donors (Lipinski definition) is 1. The fourth-order valence-corrected chi connectivity index (χ4v) is 1.53. The first kappa shape index (κ1) is 11.4. The van der Waals surface area contributed by atoms with Gasteiger partial charge >= 0.3 is 0 Å². The molecule has 2 rings (SSSR count). The molecule has 0 bridgehead atoms. The van der Waals surface area contributed by atoms with Gasteiger partial charge in [-0.05, 0) is 17.7 Å². The molecular formula is C12H9ClN4. The average Bonchev–Trinajstić information content (AvgIpc) is 2.37. The Morgan fingerprint density at radius 3 is 2.82 bits per heavy atom. The van der Waals surface area contributed by atoms with Gasteiger partial charge in [0.2, 0.25) is 0 Å². The molecule has 0 aliphatic heterocycles. The number of nitriles is 1. The highest BCUT2D eigenvalue weighted by atomic mass is 35.5. The molecule has 84 valence electrons. The number of rotatable bonds is 3. The molecule has 0 radical (unpaired) electrons. The maximum Gasteiger partial charge on any atom is 0.158 e. The minimum absolute atomic E-state index is 0.304. The third-order valence-electron chi connectivity index (χ3n) is 2.13. The van der Waals surface area contributed by atoms with Crippen LogP contribution >= 0.6 is 11.6 Å². The van der Waals surface area contributed by atoms with E-state index in [2.05, 4.69) is 15.3 Å². The molecule has 0 aliphatic carbocycles. The van der Waals surface area contributed by atoms with E-state index in [0.717, 1.165) is 5.56 Å². The largest absolute Gasteiger partial charge is 0.365 e. The van der Waals surface area contributed by atoms with E-state index in [1.807, 2.05) is 30.3 Å². The Morgan fingerprint density at radius 2 is 2.18 bits per heavy atom. The molecule has 5 heteroatoms. The topological polar surface area (TPSA) is 61.6 Å². The van der Waals surface area contributed by atoms with E-state index in [0.29, 0.717) is 23.1 Å². The van der Waals surface area contributed by atoms with E-state index < -0.39 is 0 Å². The number of halogens is 1. The third kappa shape index (κ3) is 3.16. The maximum atomic E-state index is 8.58. The van der Waals surface area contributed by atoms with E-state index in [4.69, 9.17) is 16.9 Å². The zero-order valence-electron chi connectivity index (χ0n) is 8.89. The van der Waals surface area contributed by atoms with Crippen molar-refractivity contribution in [1.29, 1.82) is 5.26 Å². The SMILES string of the molecule is N#Cc1cnc(NCc2cccc(Cl)c2)cn1. The van der Waals surface area contributed by atoms with Gasteiger partial charge in [-0.25, -0.2) is 9.97 Å². The molecule has 0 atom stereocenters. The first-order valence-electron chi connectivity index (χ1n) is 4.98. The molecule has 17 heavy (non-hydrogen) atoms. The van der Waals surface area contributed by atoms with Crippen molar-refractivity contribution in [3.8, 4) is 6.07 Å². The zero-order chi connectivity index (χ0) is 12.1. The molecule has 0 aliphatic rings. The number of nitrogens with one attached hydrogen (secondary N) is 1. The summed E-state index contributed by atoms with van der Waals surface area (Å²) in [5.41, 5.74) is 1.36. The van der Waals surface area contributed by atoms with E-state index in [-0.39, 0.29) is 0 Å². The van der Waals surface area contributed by atoms with Crippen molar-refractivity contribution in [3.63, 3.8) is 0 Å². The summed E-state index contributed by atoms with van der Waals surface area (Å²) in [6.45, 7) is 0.612. The number of hydrogen-bond acceptors (Lipinski definition) is 4. The van der Waals surface area contributed by atoms with Crippen molar-refractivity contribution in [2.75, 3.05) is 5.32 Å². The molecule has 1 heterocycles. The molecule has 1 N–H and O–H groups in total. The van der Waals surface area contributed by atoms with Crippen LogP contribution in [-0.4, -0.2) is 9.97 Å². The molecule has 0 saturated carbocycles. The Labute approximate surface area is 104 Å². The molecule has 0 unspecified atom stereocenters. The Hall–Kier alpha value is -2.12. The monoisotopic (exact) mass is 244 g/mol. The van der Waals surface area contributed by atoms with Gasteiger partial charge in [0.05, 0.1) is 12.4 Å². The summed E-state index contributed by atoms with van der Waals surface area (Å²) in [4.78, 5) is 7.97. The minimum Gasteiger partial charge on any atom is -0.365 e. The first-order valence-corrected chi connectivity index (χ1v) is 5.36. The van der Waals surface area contributed by atoms with Gasteiger partial charge in [-0.2, -0.15) is 5.26 Å². The van der Waals surface area contributed by atoms with Crippen molar-refractivity contribution in [2.45, 2.75) is 6.54 Å². The molecule has 0 amide bonds. The van der Waals surface area contributed by atoms with Gasteiger partial charge in [-0.3, -0.25) is 0 Å². The lowest BCUT2D eigenvalue weighted by Crippen LogP contribution is -2.02. The van der Waals surface area contributed by atoms with Gasteiger partial charge in [-0.15, -0.1) is 0 Å². The highest BCUT2D eigenvalue weighted by Gasteiger charge is 1.97. The van der Waals surface area contributed by atoms with Crippen LogP contribution in [0, 0.1) is 11.3 Å². The lowest BCUT2D eigenvalue weighted by Gasteiger charge is -2.05. The molecule has 0 fully saturated rings. The van der Waals surface area contributed by atoms with Crippen LogP contribution in [0.4, 0.5) is 5.82 Å². The van der Waals surface area contributed by atoms with Crippen molar-refractivity contribution >= 4 is 17.4 Å². The van der Waals surface area contributed by atoms with Crippen molar-refractivity contribution in [3.05, 3.63) is 52.9 Å². The second-order valence-corrected chi connectivity index (χ2v) is 3.82. The van der Waals surface area contributed by atoms with Crippen LogP contribution in [0.25, 0.3) is 0 Å². The molecular weight excluding hydrogens is 236 g/mol. The Bertz CT molecular complexity index is 545. The lowest BCUT2D eigenvalue weighted by atomic mass is 10.2. The van der Waals surface area contributed by atoms with E-state index >= 15 is 0 Å². The van der Waals surface area contributed by atoms with Crippen molar-refractivity contribution in [2.24, 2.45) is 0 Å². The number of aromatic nitrogens is 2. The zero-order valence-corrected chi connectivity index (χ0v) is 9.65. The van der Waals surface area contributed by atoms with Crippen LogP contribution in [0.3, 0.4) is 0 Å². The van der Waals surface area contributed by atoms with Gasteiger partial charge in [0, 0.05) is 11.6 Å². The van der Waals surface area contributed by atoms with Crippen molar-refractivity contribution < 1.29 is 0 Å². The van der Waals surface area contributed by atoms with Crippen LogP contribution in [0.15, 0.2) is 36.7 Å². The number of anilines is 1. The van der Waals surface area contributed by atoms with Gasteiger partial charge in [-0.1, -0.05) is 23.7 Å². The quantitative estimate of drug-likeness (QED) is 0.902. The molecule has 1 aromatic carbocycles. The predicted octanol–water partition coefficient (Wildman–Crippen LogP) is 2.61. The smallest absolute Gasteiger partial charge is 0.158 e. The van der Waals surface area contributed by atoms with Crippen LogP contribution in [0.1, 0.15) is 11.3 Å². The summed E-state index contributed by atoms with van der Waals surface area (Å²) in [5.74, 6) is 0.629. The molecule has 4 nitrogen and oxygen atoms in total. The highest BCUT2D eigenvalue weighted by molar-refractivity contribution is 6.30. The summed E-state index contributed by atoms with van der Waals surface area (Å²) in [6, 6.07) is 9.48. The molecule has 0 saturated heterocycles. The Kier molecular flexibility index (Phi) is 3.53. The fraction of sp³-hybridized carbons (Fsp3) is 0.0833. The minimum atomic E-state index is 0.304. The summed E-state index contributed by atoms with van der Waals surface area (Å²) in [6.07, 6.45) is 2.96. The summed E-state index contributed by atoms with van der Waals surface area (Å²) in [5, 5.41) is 12.4. The summed E-state index contributed by atoms with van der Waals surface area (Å²) >= 11 is 5.87. The summed E-state index contributed by atoms with van der Waals surface area (Å²) < 4.78 is 0. The molecule has 2 aromatic rings. The van der Waals surface area contributed by atoms with E-state index in [9.17, 15) is 0 Å². The second-order valence-electron chi connectivity index (χ2n) is 3.38. The third-order valence-corrected chi connectivity index (χ3v) is 2.36. The normalized spacial score (nSPS) is 9.65. The number of nitrogens with zero attached hydrogens (tertiary/aromatic N) is 3. The average molecular weight is 245 g/mol. The number of benzene rings is 1. The second kappa shape index (κ2) is 5.28. The summed E-state index contributed by atoms with van der Waals surface area (Å²) in [7, 11) is 0. The Morgan fingerprint density at radius 1 is 1.29 bits per heavy atom. The molecule has 0 spiro atoms. The molecule has 1 aromatic heterocycles. The van der Waals surface area contributed by atoms with Crippen molar-refractivity contribution in [1.82, 2.24) is 9.97 Å². The first-order chi connectivity index (χ1) is 8.28. The van der Waals surface area contributed by atoms with Gasteiger partial charge < -0.3 is 5.32 Å². The lowest BCUT2D eigenvalue weighted by molar-refractivity contribution is 1.08. The van der Waals surface area contributed by atoms with Gasteiger partial charge in [0.15, 0.2) is 5.69 Å². The van der Waals surface area contributed by atoms with E-state index in [1.54, 1.807) is 0 Å². The van der Waals surface area contributed by atoms with Crippen LogP contribution in [0.5, 0.6) is 0 Å². The van der Waals surface area contributed by atoms with Crippen LogP contribution in [-0.2, 0) is 6.54 Å².